The summed E-state index contributed by atoms with van der Waals surface area (Å²) < 4.78 is 1.61. The second-order valence-corrected chi connectivity index (χ2v) is 3.82. The number of amides is 1. The first-order chi connectivity index (χ1) is 8.27. The first-order valence-electron chi connectivity index (χ1n) is 5.70. The van der Waals surface area contributed by atoms with Crippen molar-refractivity contribution in [2.75, 3.05) is 13.7 Å². The number of aromatic nitrogens is 1. The molecule has 0 aliphatic carbocycles. The zero-order valence-corrected chi connectivity index (χ0v) is 10.1. The predicted octanol–water partition coefficient (Wildman–Crippen LogP) is 1.84. The van der Waals surface area contributed by atoms with Gasteiger partial charge in [-0.1, -0.05) is 25.1 Å². The molecule has 1 amide bonds. The molecule has 0 atom stereocenters. The van der Waals surface area contributed by atoms with Crippen molar-refractivity contribution in [2.45, 2.75) is 13.3 Å². The Morgan fingerprint density at radius 2 is 2.18 bits per heavy atom. The molecule has 90 valence electrons. The van der Waals surface area contributed by atoms with E-state index in [0.717, 1.165) is 17.3 Å². The maximum absolute atomic E-state index is 12.0. The molecule has 0 aliphatic rings. The Morgan fingerprint density at radius 3 is 2.88 bits per heavy atom. The molecule has 0 spiro atoms. The minimum atomic E-state index is -0.0566. The van der Waals surface area contributed by atoms with Crippen LogP contribution >= 0.6 is 0 Å². The number of hydrogen-bond donors (Lipinski definition) is 1. The van der Waals surface area contributed by atoms with Gasteiger partial charge in [-0.2, -0.15) is 4.73 Å². The number of hydrogen-bond acceptors (Lipinski definition) is 2. The zero-order chi connectivity index (χ0) is 12.3. The van der Waals surface area contributed by atoms with Gasteiger partial charge in [-0.25, -0.2) is 0 Å². The highest BCUT2D eigenvalue weighted by atomic mass is 16.6. The van der Waals surface area contributed by atoms with Crippen LogP contribution < -0.4 is 10.2 Å². The van der Waals surface area contributed by atoms with Gasteiger partial charge in [0.2, 0.25) is 0 Å². The van der Waals surface area contributed by atoms with Crippen molar-refractivity contribution in [3.63, 3.8) is 0 Å². The first kappa shape index (κ1) is 11.5. The Kier molecular flexibility index (Phi) is 3.32. The summed E-state index contributed by atoms with van der Waals surface area (Å²) in [5.41, 5.74) is 1.55. The van der Waals surface area contributed by atoms with Crippen LogP contribution in [0, 0.1) is 0 Å². The molecule has 17 heavy (non-hydrogen) atoms. The fraction of sp³-hybridized carbons (Fsp3) is 0.308. The molecular formula is C13H16N2O2. The third-order valence-electron chi connectivity index (χ3n) is 2.65. The van der Waals surface area contributed by atoms with Gasteiger partial charge >= 0.3 is 0 Å². The number of carbonyl (C=O) groups is 1. The molecule has 0 radical (unpaired) electrons. The number of nitrogens with one attached hydrogen (secondary N) is 1. The fourth-order valence-corrected chi connectivity index (χ4v) is 1.82. The van der Waals surface area contributed by atoms with Crippen LogP contribution in [0.4, 0.5) is 0 Å². The summed E-state index contributed by atoms with van der Waals surface area (Å²) in [6.45, 7) is 2.71. The molecule has 4 nitrogen and oxygen atoms in total. The van der Waals surface area contributed by atoms with Crippen LogP contribution in [0.25, 0.3) is 10.9 Å². The maximum atomic E-state index is 12.0. The van der Waals surface area contributed by atoms with Crippen LogP contribution in [-0.2, 0) is 0 Å². The van der Waals surface area contributed by atoms with Gasteiger partial charge in [-0.3, -0.25) is 4.79 Å². The summed E-state index contributed by atoms with van der Waals surface area (Å²) in [4.78, 5) is 17.2. The van der Waals surface area contributed by atoms with E-state index in [1.807, 2.05) is 31.2 Å². The van der Waals surface area contributed by atoms with Gasteiger partial charge in [-0.05, 0) is 12.5 Å². The quantitative estimate of drug-likeness (QED) is 0.874. The maximum Gasteiger partial charge on any atom is 0.253 e. The SMILES string of the molecule is CCCNC(=O)c1cn(OC)c2ccccc12. The summed E-state index contributed by atoms with van der Waals surface area (Å²) >= 11 is 0. The van der Waals surface area contributed by atoms with Crippen molar-refractivity contribution in [3.8, 4) is 0 Å². The monoisotopic (exact) mass is 232 g/mol. The third-order valence-corrected chi connectivity index (χ3v) is 2.65. The highest BCUT2D eigenvalue weighted by molar-refractivity contribution is 6.06. The molecule has 0 saturated heterocycles. The van der Waals surface area contributed by atoms with E-state index >= 15 is 0 Å². The molecule has 1 aromatic carbocycles. The second kappa shape index (κ2) is 4.91. The predicted molar refractivity (Wildman–Crippen MR) is 67.1 cm³/mol. The van der Waals surface area contributed by atoms with E-state index < -0.39 is 0 Å². The van der Waals surface area contributed by atoms with Crippen molar-refractivity contribution in [2.24, 2.45) is 0 Å². The molecular weight excluding hydrogens is 216 g/mol. The van der Waals surface area contributed by atoms with Crippen LogP contribution in [0.1, 0.15) is 23.7 Å². The molecule has 0 aliphatic heterocycles. The lowest BCUT2D eigenvalue weighted by atomic mass is 10.1. The van der Waals surface area contributed by atoms with Gasteiger partial charge in [0.15, 0.2) is 0 Å². The van der Waals surface area contributed by atoms with E-state index in [-0.39, 0.29) is 5.91 Å². The third kappa shape index (κ3) is 2.11. The van der Waals surface area contributed by atoms with Gasteiger partial charge < -0.3 is 10.2 Å². The van der Waals surface area contributed by atoms with Crippen molar-refractivity contribution in [1.82, 2.24) is 10.0 Å². The summed E-state index contributed by atoms with van der Waals surface area (Å²) in [6.07, 6.45) is 2.64. The van der Waals surface area contributed by atoms with Crippen molar-refractivity contribution in [1.29, 1.82) is 0 Å². The molecule has 2 rings (SSSR count). The Balaban J connectivity index is 2.43. The summed E-state index contributed by atoms with van der Waals surface area (Å²) in [7, 11) is 1.58. The smallest absolute Gasteiger partial charge is 0.253 e. The lowest BCUT2D eigenvalue weighted by molar-refractivity contribution is 0.0952. The zero-order valence-electron chi connectivity index (χ0n) is 10.1. The normalized spacial score (nSPS) is 10.5. The number of carbonyl (C=O) groups excluding carboxylic acids is 1. The molecule has 0 fully saturated rings. The van der Waals surface area contributed by atoms with E-state index in [4.69, 9.17) is 4.84 Å². The van der Waals surface area contributed by atoms with Crippen molar-refractivity contribution < 1.29 is 9.63 Å². The summed E-state index contributed by atoms with van der Waals surface area (Å²) in [6, 6.07) is 7.69. The Bertz CT molecular complexity index is 531. The van der Waals surface area contributed by atoms with Gasteiger partial charge in [0.25, 0.3) is 5.91 Å². The minimum absolute atomic E-state index is 0.0566. The molecule has 2 aromatic rings. The second-order valence-electron chi connectivity index (χ2n) is 3.82. The van der Waals surface area contributed by atoms with E-state index in [1.54, 1.807) is 18.0 Å². The van der Waals surface area contributed by atoms with Crippen LogP contribution in [0.2, 0.25) is 0 Å². The average molecular weight is 232 g/mol. The highest BCUT2D eigenvalue weighted by Gasteiger charge is 2.14. The van der Waals surface area contributed by atoms with E-state index in [2.05, 4.69) is 5.32 Å². The molecule has 0 bridgehead atoms. The Morgan fingerprint density at radius 1 is 1.41 bits per heavy atom. The van der Waals surface area contributed by atoms with E-state index in [9.17, 15) is 4.79 Å². The molecule has 0 unspecified atom stereocenters. The molecule has 4 heteroatoms. The van der Waals surface area contributed by atoms with Gasteiger partial charge in [0.05, 0.1) is 17.3 Å². The van der Waals surface area contributed by atoms with Gasteiger partial charge in [0, 0.05) is 11.9 Å². The number of nitrogens with zero attached hydrogens (tertiary/aromatic N) is 1. The first-order valence-corrected chi connectivity index (χ1v) is 5.70. The summed E-state index contributed by atoms with van der Waals surface area (Å²) in [5.74, 6) is -0.0566. The van der Waals surface area contributed by atoms with E-state index in [1.165, 1.54) is 0 Å². The van der Waals surface area contributed by atoms with Gasteiger partial charge in [0.1, 0.15) is 7.11 Å². The number of rotatable bonds is 4. The molecule has 0 saturated carbocycles. The van der Waals surface area contributed by atoms with E-state index in [0.29, 0.717) is 12.1 Å². The van der Waals surface area contributed by atoms with Crippen LogP contribution in [0.3, 0.4) is 0 Å². The fourth-order valence-electron chi connectivity index (χ4n) is 1.82. The van der Waals surface area contributed by atoms with Crippen LogP contribution in [0.15, 0.2) is 30.5 Å². The summed E-state index contributed by atoms with van der Waals surface area (Å²) in [5, 5.41) is 3.78. The van der Waals surface area contributed by atoms with Crippen molar-refractivity contribution >= 4 is 16.8 Å². The molecule has 1 N–H and O–H groups in total. The highest BCUT2D eigenvalue weighted by Crippen LogP contribution is 2.20. The lowest BCUT2D eigenvalue weighted by Gasteiger charge is -2.00. The van der Waals surface area contributed by atoms with Crippen LogP contribution in [-0.4, -0.2) is 24.3 Å². The molecule has 1 heterocycles. The minimum Gasteiger partial charge on any atom is -0.417 e. The topological polar surface area (TPSA) is 43.3 Å². The number of para-hydroxylation sites is 1. The van der Waals surface area contributed by atoms with Gasteiger partial charge in [-0.15, -0.1) is 0 Å². The largest absolute Gasteiger partial charge is 0.417 e. The average Bonchev–Trinajstić information content (AvgIpc) is 2.75. The Hall–Kier alpha value is -1.97. The number of fused-ring (bicyclic) bond motifs is 1. The Labute approximate surface area is 100 Å². The molecule has 1 aromatic heterocycles. The van der Waals surface area contributed by atoms with Crippen LogP contribution in [0.5, 0.6) is 0 Å². The standard InChI is InChI=1S/C13H16N2O2/c1-3-8-14-13(16)11-9-15(17-2)12-7-5-4-6-10(11)12/h4-7,9H,3,8H2,1-2H3,(H,14,16). The number of benzene rings is 1. The van der Waals surface area contributed by atoms with Crippen molar-refractivity contribution in [3.05, 3.63) is 36.0 Å². The lowest BCUT2D eigenvalue weighted by Crippen LogP contribution is -2.23.